The molecule has 3 N–H and O–H groups in total. The molecule has 29 heavy (non-hydrogen) atoms. The first kappa shape index (κ1) is 21.6. The molecule has 11 heteroatoms. The van der Waals surface area contributed by atoms with Gasteiger partial charge in [0.15, 0.2) is 5.57 Å². The Morgan fingerprint density at radius 3 is 1.93 bits per heavy atom. The smallest absolute Gasteiger partial charge is 0.238 e. The number of sulfonamides is 1. The van der Waals surface area contributed by atoms with Crippen LogP contribution in [0.2, 0.25) is 0 Å². The van der Waals surface area contributed by atoms with Crippen LogP contribution in [0.25, 0.3) is 0 Å². The van der Waals surface area contributed by atoms with E-state index in [1.54, 1.807) is 25.1 Å². The second kappa shape index (κ2) is 8.13. The third-order valence-electron chi connectivity index (χ3n) is 3.75. The molecule has 0 fully saturated rings. The average Bonchev–Trinajstić information content (AvgIpc) is 2.67. The molecule has 146 valence electrons. The largest absolute Gasteiger partial charge is 0.344 e. The van der Waals surface area contributed by atoms with Crippen LogP contribution in [0.4, 0.5) is 5.69 Å². The zero-order chi connectivity index (χ0) is 21.8. The summed E-state index contributed by atoms with van der Waals surface area (Å²) in [5.74, 6) is 0. The van der Waals surface area contributed by atoms with E-state index >= 15 is 0 Å². The maximum absolute atomic E-state index is 13.1. The van der Waals surface area contributed by atoms with Crippen LogP contribution in [0.3, 0.4) is 0 Å². The molecule has 0 aromatic heterocycles. The zero-order valence-electron chi connectivity index (χ0n) is 14.9. The Labute approximate surface area is 167 Å². The van der Waals surface area contributed by atoms with E-state index in [9.17, 15) is 22.1 Å². The molecule has 2 rings (SSSR count). The fourth-order valence-corrected chi connectivity index (χ4v) is 4.22. The van der Waals surface area contributed by atoms with Gasteiger partial charge in [-0.2, -0.15) is 15.8 Å². The Morgan fingerprint density at radius 2 is 1.45 bits per heavy atom. The normalized spacial score (nSPS) is 10.9. The van der Waals surface area contributed by atoms with Gasteiger partial charge in [-0.05, 0) is 37.3 Å². The quantitative estimate of drug-likeness (QED) is 0.677. The molecule has 0 aliphatic rings. The van der Waals surface area contributed by atoms with Gasteiger partial charge >= 0.3 is 0 Å². The molecule has 0 bridgehead atoms. The maximum atomic E-state index is 13.1. The molecule has 9 nitrogen and oxygen atoms in total. The van der Waals surface area contributed by atoms with Crippen LogP contribution >= 0.6 is 0 Å². The van der Waals surface area contributed by atoms with Crippen LogP contribution < -0.4 is 10.5 Å². The van der Waals surface area contributed by atoms with Gasteiger partial charge in [-0.1, -0.05) is 17.7 Å². The maximum Gasteiger partial charge on any atom is 0.238 e. The Kier molecular flexibility index (Phi) is 6.06. The summed E-state index contributed by atoms with van der Waals surface area (Å²) >= 11 is 0. The SMILES string of the molecule is Cc1ccc(S(=O)(=O)c2ccc(S(N)(=O)=O)cc2NC(C#N)=C(C#N)C#N)cc1. The van der Waals surface area contributed by atoms with E-state index in [2.05, 4.69) is 5.32 Å². The number of benzene rings is 2. The van der Waals surface area contributed by atoms with Crippen molar-refractivity contribution in [1.29, 1.82) is 15.8 Å². The monoisotopic (exact) mass is 427 g/mol. The summed E-state index contributed by atoms with van der Waals surface area (Å²) in [6, 6.07) is 13.5. The molecule has 0 spiro atoms. The lowest BCUT2D eigenvalue weighted by atomic mass is 10.2. The molecule has 2 aromatic carbocycles. The highest BCUT2D eigenvalue weighted by molar-refractivity contribution is 7.91. The average molecular weight is 427 g/mol. The molecule has 0 saturated heterocycles. The number of nitrogens with one attached hydrogen (secondary N) is 1. The van der Waals surface area contributed by atoms with Gasteiger partial charge in [0.2, 0.25) is 19.9 Å². The molecule has 0 atom stereocenters. The number of hydrogen-bond donors (Lipinski definition) is 2. The summed E-state index contributed by atoms with van der Waals surface area (Å²) in [7, 11) is -8.33. The highest BCUT2D eigenvalue weighted by Crippen LogP contribution is 2.31. The highest BCUT2D eigenvalue weighted by Gasteiger charge is 2.24. The number of allylic oxidation sites excluding steroid dienone is 2. The lowest BCUT2D eigenvalue weighted by Gasteiger charge is -2.14. The number of nitrogens with two attached hydrogens (primary N) is 1. The first-order valence-corrected chi connectivity index (χ1v) is 10.8. The van der Waals surface area contributed by atoms with Gasteiger partial charge in [0.25, 0.3) is 0 Å². The first-order valence-electron chi connectivity index (χ1n) is 7.74. The van der Waals surface area contributed by atoms with Crippen molar-refractivity contribution >= 4 is 25.5 Å². The second-order valence-electron chi connectivity index (χ2n) is 5.73. The lowest BCUT2D eigenvalue weighted by molar-refractivity contribution is 0.593. The van der Waals surface area contributed by atoms with Gasteiger partial charge in [-0.3, -0.25) is 0 Å². The Balaban J connectivity index is 2.79. The Bertz CT molecular complexity index is 1320. The Morgan fingerprint density at radius 1 is 0.897 bits per heavy atom. The Hall–Kier alpha value is -3.69. The second-order valence-corrected chi connectivity index (χ2v) is 9.21. The molecule has 0 heterocycles. The summed E-state index contributed by atoms with van der Waals surface area (Å²) in [5, 5.41) is 34.6. The first-order chi connectivity index (χ1) is 13.5. The van der Waals surface area contributed by atoms with Crippen molar-refractivity contribution in [1.82, 2.24) is 0 Å². The number of aryl methyl sites for hydroxylation is 1. The zero-order valence-corrected chi connectivity index (χ0v) is 16.5. The summed E-state index contributed by atoms with van der Waals surface area (Å²) in [4.78, 5) is -0.856. The summed E-state index contributed by atoms with van der Waals surface area (Å²) < 4.78 is 49.5. The molecular weight excluding hydrogens is 414 g/mol. The summed E-state index contributed by atoms with van der Waals surface area (Å²) in [6.07, 6.45) is 0. The van der Waals surface area contributed by atoms with Crippen LogP contribution in [0.1, 0.15) is 5.56 Å². The molecule has 0 saturated carbocycles. The van der Waals surface area contributed by atoms with Crippen LogP contribution in [-0.2, 0) is 19.9 Å². The van der Waals surface area contributed by atoms with Crippen molar-refractivity contribution in [3.8, 4) is 18.2 Å². The van der Waals surface area contributed by atoms with Crippen molar-refractivity contribution in [2.75, 3.05) is 5.32 Å². The third-order valence-corrected chi connectivity index (χ3v) is 6.48. The molecule has 0 aliphatic heterocycles. The van der Waals surface area contributed by atoms with Crippen molar-refractivity contribution < 1.29 is 16.8 Å². The number of primary sulfonamides is 1. The van der Waals surface area contributed by atoms with E-state index in [-0.39, 0.29) is 15.5 Å². The van der Waals surface area contributed by atoms with Crippen molar-refractivity contribution in [2.45, 2.75) is 21.6 Å². The van der Waals surface area contributed by atoms with Crippen LogP contribution in [-0.4, -0.2) is 16.8 Å². The van der Waals surface area contributed by atoms with E-state index in [1.807, 2.05) is 0 Å². The minimum Gasteiger partial charge on any atom is -0.344 e. The van der Waals surface area contributed by atoms with E-state index in [1.165, 1.54) is 24.3 Å². The van der Waals surface area contributed by atoms with Gasteiger partial charge in [0.1, 0.15) is 23.9 Å². The van der Waals surface area contributed by atoms with Crippen molar-refractivity contribution in [3.05, 3.63) is 59.3 Å². The van der Waals surface area contributed by atoms with E-state index in [0.717, 1.165) is 23.8 Å². The minimum absolute atomic E-state index is 0.0715. The van der Waals surface area contributed by atoms with E-state index in [4.69, 9.17) is 15.7 Å². The van der Waals surface area contributed by atoms with Crippen molar-refractivity contribution in [2.24, 2.45) is 5.14 Å². The van der Waals surface area contributed by atoms with Gasteiger partial charge in [0.05, 0.1) is 20.4 Å². The fourth-order valence-electron chi connectivity index (χ4n) is 2.28. The fraction of sp³-hybridized carbons (Fsp3) is 0.0556. The van der Waals surface area contributed by atoms with E-state index < -0.39 is 36.0 Å². The number of rotatable bonds is 5. The topological polar surface area (TPSA) is 178 Å². The number of sulfone groups is 1. The van der Waals surface area contributed by atoms with Crippen LogP contribution in [0.15, 0.2) is 68.4 Å². The standard InChI is InChI=1S/C18H13N5O4S2/c1-12-2-4-14(5-3-12)28(24,25)18-7-6-15(29(22,26)27)8-16(18)23-17(11-21)13(9-19)10-20/h2-8,23H,1H3,(H2,22,26,27). The molecule has 0 aliphatic carbocycles. The number of anilines is 1. The summed E-state index contributed by atoms with van der Waals surface area (Å²) in [6.45, 7) is 1.78. The van der Waals surface area contributed by atoms with Crippen molar-refractivity contribution in [3.63, 3.8) is 0 Å². The lowest BCUT2D eigenvalue weighted by Crippen LogP contribution is -2.14. The van der Waals surface area contributed by atoms with Gasteiger partial charge in [0, 0.05) is 0 Å². The number of nitriles is 3. The number of nitrogens with zero attached hydrogens (tertiary/aromatic N) is 3. The van der Waals surface area contributed by atoms with Gasteiger partial charge < -0.3 is 5.32 Å². The van der Waals surface area contributed by atoms with Crippen LogP contribution in [0, 0.1) is 40.9 Å². The molecule has 0 radical (unpaired) electrons. The highest BCUT2D eigenvalue weighted by atomic mass is 32.2. The van der Waals surface area contributed by atoms with Gasteiger partial charge in [-0.25, -0.2) is 22.0 Å². The minimum atomic E-state index is -4.20. The molecule has 0 amide bonds. The predicted molar refractivity (Wildman–Crippen MR) is 102 cm³/mol. The molecule has 2 aromatic rings. The molecular formula is C18H13N5O4S2. The van der Waals surface area contributed by atoms with Crippen LogP contribution in [0.5, 0.6) is 0 Å². The van der Waals surface area contributed by atoms with E-state index in [0.29, 0.717) is 0 Å². The third kappa shape index (κ3) is 4.60. The number of hydrogen-bond acceptors (Lipinski definition) is 8. The molecule has 0 unspecified atom stereocenters. The summed E-state index contributed by atoms with van der Waals surface area (Å²) in [5.41, 5.74) is -0.639. The predicted octanol–water partition coefficient (Wildman–Crippen LogP) is 1.71. The van der Waals surface area contributed by atoms with Gasteiger partial charge in [-0.15, -0.1) is 0 Å².